The lowest BCUT2D eigenvalue weighted by Gasteiger charge is -2.24. The van der Waals surface area contributed by atoms with Crippen molar-refractivity contribution in [3.63, 3.8) is 0 Å². The molecule has 1 aromatic carbocycles. The van der Waals surface area contributed by atoms with Gasteiger partial charge in [-0.3, -0.25) is 9.69 Å². The van der Waals surface area contributed by atoms with Gasteiger partial charge in [-0.1, -0.05) is 97.8 Å². The third kappa shape index (κ3) is 21.4. The second-order valence-electron chi connectivity index (χ2n) is 13.1. The Balaban J connectivity index is 0.000000932. The standard InChI is InChI=1S/C23H48N2O.C13H16O9/c1-6-22(25(4)5)24-23(26)20-18-16-14-12-10-8-7-9-11-13-15-17-19-21(2)3;14-5-8(15)9(16)10(17)11(18)13(21)22-7-3-1-6(2-4-7)12(19)20/h21-22H,6-20H2,1-5H3,(H,24,26);1-4,8-11,14-18H,5H2,(H,19,20)/t;8-,9-,10+,11-/m.1/s1. The van der Waals surface area contributed by atoms with Crippen LogP contribution in [0.15, 0.2) is 24.3 Å². The number of rotatable bonds is 25. The molecule has 0 aliphatic rings. The van der Waals surface area contributed by atoms with Gasteiger partial charge >= 0.3 is 11.9 Å². The van der Waals surface area contributed by atoms with Crippen LogP contribution >= 0.6 is 0 Å². The number of carboxylic acid groups (broad SMARTS) is 1. The van der Waals surface area contributed by atoms with Crippen LogP contribution in [0.2, 0.25) is 0 Å². The van der Waals surface area contributed by atoms with E-state index in [1.807, 2.05) is 14.1 Å². The first kappa shape index (κ1) is 45.4. The van der Waals surface area contributed by atoms with Gasteiger partial charge in [-0.25, -0.2) is 9.59 Å². The van der Waals surface area contributed by atoms with E-state index in [1.54, 1.807) is 0 Å². The molecule has 1 amide bonds. The molecule has 0 radical (unpaired) electrons. The van der Waals surface area contributed by atoms with Crippen molar-refractivity contribution in [2.24, 2.45) is 5.92 Å². The van der Waals surface area contributed by atoms with E-state index in [2.05, 4.69) is 31.0 Å². The van der Waals surface area contributed by atoms with E-state index >= 15 is 0 Å². The maximum Gasteiger partial charge on any atom is 0.343 e. The summed E-state index contributed by atoms with van der Waals surface area (Å²) in [6.07, 6.45) is 11.4. The van der Waals surface area contributed by atoms with Crippen molar-refractivity contribution >= 4 is 17.8 Å². The Bertz CT molecular complexity index is 989. The van der Waals surface area contributed by atoms with Crippen LogP contribution in [-0.2, 0) is 9.59 Å². The van der Waals surface area contributed by atoms with Gasteiger partial charge < -0.3 is 40.7 Å². The molecule has 0 saturated heterocycles. The number of amides is 1. The average Bonchev–Trinajstić information content (AvgIpc) is 3.06. The van der Waals surface area contributed by atoms with Crippen LogP contribution in [-0.4, -0.2) is 105 Å². The zero-order valence-corrected chi connectivity index (χ0v) is 29.9. The summed E-state index contributed by atoms with van der Waals surface area (Å²) in [6, 6.07) is 4.66. The Morgan fingerprint density at radius 1 is 0.771 bits per heavy atom. The number of carbonyl (C=O) groups excluding carboxylic acids is 2. The Morgan fingerprint density at radius 3 is 1.67 bits per heavy atom. The first-order chi connectivity index (χ1) is 22.7. The lowest BCUT2D eigenvalue weighted by molar-refractivity contribution is -0.161. The highest BCUT2D eigenvalue weighted by molar-refractivity contribution is 5.87. The molecule has 1 aromatic rings. The molecule has 12 nitrogen and oxygen atoms in total. The predicted molar refractivity (Wildman–Crippen MR) is 186 cm³/mol. The number of hydrogen-bond acceptors (Lipinski definition) is 10. The van der Waals surface area contributed by atoms with Gasteiger partial charge in [0.2, 0.25) is 5.91 Å². The minimum Gasteiger partial charge on any atom is -0.478 e. The van der Waals surface area contributed by atoms with E-state index in [4.69, 9.17) is 20.1 Å². The van der Waals surface area contributed by atoms with Crippen LogP contribution < -0.4 is 10.1 Å². The molecule has 0 heterocycles. The first-order valence-corrected chi connectivity index (χ1v) is 17.6. The fourth-order valence-electron chi connectivity index (χ4n) is 4.96. The number of carbonyl (C=O) groups is 3. The summed E-state index contributed by atoms with van der Waals surface area (Å²) in [7, 11) is 4.03. The van der Waals surface area contributed by atoms with Crippen molar-refractivity contribution in [2.45, 2.75) is 148 Å². The van der Waals surface area contributed by atoms with Gasteiger partial charge in [0.25, 0.3) is 0 Å². The summed E-state index contributed by atoms with van der Waals surface area (Å²) in [5.41, 5.74) is -0.0399. The van der Waals surface area contributed by atoms with E-state index in [0.29, 0.717) is 6.42 Å². The molecule has 48 heavy (non-hydrogen) atoms. The predicted octanol–water partition coefficient (Wildman–Crippen LogP) is 4.24. The molecule has 0 saturated carbocycles. The van der Waals surface area contributed by atoms with Crippen molar-refractivity contribution < 1.29 is 49.8 Å². The molecule has 5 atom stereocenters. The lowest BCUT2D eigenvalue weighted by Crippen LogP contribution is -2.49. The topological polar surface area (TPSA) is 197 Å². The van der Waals surface area contributed by atoms with Crippen LogP contribution in [0.3, 0.4) is 0 Å². The number of benzene rings is 1. The van der Waals surface area contributed by atoms with Gasteiger partial charge in [0.05, 0.1) is 18.3 Å². The van der Waals surface area contributed by atoms with Crippen molar-refractivity contribution in [2.75, 3.05) is 20.7 Å². The molecule has 1 unspecified atom stereocenters. The molecule has 0 spiro atoms. The highest BCUT2D eigenvalue weighted by Gasteiger charge is 2.35. The van der Waals surface area contributed by atoms with Gasteiger partial charge in [-0.05, 0) is 57.1 Å². The van der Waals surface area contributed by atoms with Crippen LogP contribution in [0, 0.1) is 5.92 Å². The number of nitrogens with zero attached hydrogens (tertiary/aromatic N) is 1. The zero-order chi connectivity index (χ0) is 36.5. The van der Waals surface area contributed by atoms with Crippen molar-refractivity contribution in [1.82, 2.24) is 10.2 Å². The first-order valence-electron chi connectivity index (χ1n) is 17.6. The van der Waals surface area contributed by atoms with E-state index in [9.17, 15) is 29.7 Å². The Labute approximate surface area is 287 Å². The number of carboxylic acids is 1. The maximum atomic E-state index is 11.9. The molecule has 0 bridgehead atoms. The smallest absolute Gasteiger partial charge is 0.343 e. The van der Waals surface area contributed by atoms with Gasteiger partial charge in [0, 0.05) is 6.42 Å². The maximum absolute atomic E-state index is 11.9. The Morgan fingerprint density at radius 2 is 1.25 bits per heavy atom. The molecular formula is C36H64N2O10. The Hall–Kier alpha value is -2.61. The summed E-state index contributed by atoms with van der Waals surface area (Å²) in [5, 5.41) is 58.0. The van der Waals surface area contributed by atoms with Crippen LogP contribution in [0.25, 0.3) is 0 Å². The van der Waals surface area contributed by atoms with Crippen LogP contribution in [0.4, 0.5) is 0 Å². The number of nitrogens with one attached hydrogen (secondary N) is 1. The van der Waals surface area contributed by atoms with E-state index in [1.165, 1.54) is 89.2 Å². The molecule has 0 aliphatic carbocycles. The number of aliphatic hydroxyl groups excluding tert-OH is 5. The monoisotopic (exact) mass is 684 g/mol. The largest absolute Gasteiger partial charge is 0.478 e. The molecular weight excluding hydrogens is 620 g/mol. The number of aromatic carboxylic acids is 1. The number of aliphatic hydroxyl groups is 5. The second-order valence-corrected chi connectivity index (χ2v) is 13.1. The average molecular weight is 685 g/mol. The minimum absolute atomic E-state index is 0.0399. The normalized spacial score (nSPS) is 14.4. The van der Waals surface area contributed by atoms with Crippen LogP contribution in [0.1, 0.15) is 127 Å². The van der Waals surface area contributed by atoms with E-state index in [0.717, 1.165) is 30.9 Å². The molecule has 12 heteroatoms. The van der Waals surface area contributed by atoms with E-state index in [-0.39, 0.29) is 23.4 Å². The quantitative estimate of drug-likeness (QED) is 0.0337. The number of esters is 1. The molecule has 7 N–H and O–H groups in total. The second kappa shape index (κ2) is 27.2. The number of ether oxygens (including phenoxy) is 1. The summed E-state index contributed by atoms with van der Waals surface area (Å²) >= 11 is 0. The molecule has 0 aromatic heterocycles. The molecule has 0 fully saturated rings. The minimum atomic E-state index is -2.17. The van der Waals surface area contributed by atoms with Crippen molar-refractivity contribution in [3.8, 4) is 5.75 Å². The fraction of sp³-hybridized carbons (Fsp3) is 0.750. The molecule has 1 rings (SSSR count). The highest BCUT2D eigenvalue weighted by atomic mass is 16.6. The number of unbranched alkanes of at least 4 members (excludes halogenated alkanes) is 11. The fourth-order valence-corrected chi connectivity index (χ4v) is 4.96. The number of hydrogen-bond donors (Lipinski definition) is 7. The van der Waals surface area contributed by atoms with Crippen LogP contribution in [0.5, 0.6) is 5.75 Å². The summed E-state index contributed by atoms with van der Waals surface area (Å²) < 4.78 is 4.70. The Kier molecular flexibility index (Phi) is 25.8. The lowest BCUT2D eigenvalue weighted by atomic mass is 10.0. The SMILES string of the molecule is CCC(NC(=O)CCCCCCCCCCCCCCC(C)C)N(C)C.O=C(O)c1ccc(OC(=O)[C@H](O)[C@@H](O)[C@H](O)[C@H](O)CO)cc1. The molecule has 0 aliphatic heterocycles. The van der Waals surface area contributed by atoms with Gasteiger partial charge in [0.15, 0.2) is 6.10 Å². The zero-order valence-electron chi connectivity index (χ0n) is 29.9. The summed E-state index contributed by atoms with van der Waals surface area (Å²) in [5.74, 6) is -1.50. The van der Waals surface area contributed by atoms with Gasteiger partial charge in [0.1, 0.15) is 24.1 Å². The summed E-state index contributed by atoms with van der Waals surface area (Å²) in [6.45, 7) is 5.87. The van der Waals surface area contributed by atoms with Gasteiger partial charge in [-0.2, -0.15) is 0 Å². The molecule has 278 valence electrons. The summed E-state index contributed by atoms with van der Waals surface area (Å²) in [4.78, 5) is 36.2. The highest BCUT2D eigenvalue weighted by Crippen LogP contribution is 2.16. The third-order valence-electron chi connectivity index (χ3n) is 8.09. The van der Waals surface area contributed by atoms with Crippen molar-refractivity contribution in [3.05, 3.63) is 29.8 Å². The third-order valence-corrected chi connectivity index (χ3v) is 8.09. The van der Waals surface area contributed by atoms with Gasteiger partial charge in [-0.15, -0.1) is 0 Å². The van der Waals surface area contributed by atoms with Crippen molar-refractivity contribution in [1.29, 1.82) is 0 Å². The van der Waals surface area contributed by atoms with E-state index < -0.39 is 43.0 Å².